The molecule has 0 radical (unpaired) electrons. The number of guanidine groups is 1. The average molecular weight is 367 g/mol. The van der Waals surface area contributed by atoms with E-state index in [2.05, 4.69) is 20.4 Å². The maximum absolute atomic E-state index is 12.5. The van der Waals surface area contributed by atoms with Crippen LogP contribution < -0.4 is 15.4 Å². The van der Waals surface area contributed by atoms with Crippen LogP contribution >= 0.6 is 0 Å². The third kappa shape index (κ3) is 4.93. The summed E-state index contributed by atoms with van der Waals surface area (Å²) in [5.41, 5.74) is 0.549. The highest BCUT2D eigenvalue weighted by molar-refractivity contribution is 5.80. The summed E-state index contributed by atoms with van der Waals surface area (Å²) in [6, 6.07) is 10.00. The Morgan fingerprint density at radius 2 is 2.08 bits per heavy atom. The Morgan fingerprint density at radius 1 is 1.27 bits per heavy atom. The third-order valence-corrected chi connectivity index (χ3v) is 4.12. The van der Waals surface area contributed by atoms with Gasteiger partial charge in [0.25, 0.3) is 0 Å². The van der Waals surface area contributed by atoms with Gasteiger partial charge in [0.15, 0.2) is 5.96 Å². The molecule has 2 N–H and O–H groups in total. The van der Waals surface area contributed by atoms with Crippen LogP contribution in [0.1, 0.15) is 23.7 Å². The first-order valence-corrected chi connectivity index (χ1v) is 8.30. The van der Waals surface area contributed by atoms with E-state index in [9.17, 15) is 13.2 Å². The summed E-state index contributed by atoms with van der Waals surface area (Å²) in [7, 11) is 1.65. The van der Waals surface area contributed by atoms with Gasteiger partial charge in [0.2, 0.25) is 0 Å². The van der Waals surface area contributed by atoms with Gasteiger partial charge in [0, 0.05) is 32.0 Å². The van der Waals surface area contributed by atoms with Gasteiger partial charge < -0.3 is 19.8 Å². The minimum Gasteiger partial charge on any atom is -0.469 e. The van der Waals surface area contributed by atoms with Crippen LogP contribution in [0.2, 0.25) is 0 Å². The molecule has 1 aromatic carbocycles. The molecule has 8 heteroatoms. The second kappa shape index (κ2) is 7.72. The van der Waals surface area contributed by atoms with Gasteiger partial charge in [-0.2, -0.15) is 0 Å². The van der Waals surface area contributed by atoms with Crippen molar-refractivity contribution in [1.29, 1.82) is 0 Å². The van der Waals surface area contributed by atoms with Crippen molar-refractivity contribution in [2.75, 3.05) is 13.6 Å². The second-order valence-corrected chi connectivity index (χ2v) is 6.01. The number of hydrogen-bond donors (Lipinski definition) is 2. The van der Waals surface area contributed by atoms with E-state index in [1.54, 1.807) is 25.4 Å². The van der Waals surface area contributed by atoms with E-state index in [4.69, 9.17) is 4.42 Å². The van der Waals surface area contributed by atoms with Crippen molar-refractivity contribution in [3.8, 4) is 5.75 Å². The van der Waals surface area contributed by atoms with Gasteiger partial charge in [-0.3, -0.25) is 4.99 Å². The lowest BCUT2D eigenvalue weighted by Crippen LogP contribution is -2.39. The Labute approximate surface area is 149 Å². The number of alkyl halides is 3. The fourth-order valence-electron chi connectivity index (χ4n) is 2.83. The predicted octanol–water partition coefficient (Wildman–Crippen LogP) is 3.44. The zero-order valence-corrected chi connectivity index (χ0v) is 14.2. The predicted molar refractivity (Wildman–Crippen MR) is 91.2 cm³/mol. The number of ether oxygens (including phenoxy) is 1. The minimum atomic E-state index is -4.70. The molecular formula is C18H20F3N3O2. The highest BCUT2D eigenvalue weighted by atomic mass is 19.4. The lowest BCUT2D eigenvalue weighted by Gasteiger charge is -2.14. The molecule has 5 nitrogen and oxygen atoms in total. The quantitative estimate of drug-likeness (QED) is 0.607. The molecule has 2 unspecified atom stereocenters. The van der Waals surface area contributed by atoms with Crippen LogP contribution in [-0.4, -0.2) is 32.0 Å². The van der Waals surface area contributed by atoms with Crippen molar-refractivity contribution in [3.63, 3.8) is 0 Å². The highest BCUT2D eigenvalue weighted by Crippen LogP contribution is 2.45. The largest absolute Gasteiger partial charge is 0.573 e. The molecule has 1 heterocycles. The van der Waals surface area contributed by atoms with Crippen molar-refractivity contribution < 1.29 is 22.3 Å². The van der Waals surface area contributed by atoms with Gasteiger partial charge in [-0.15, -0.1) is 13.2 Å². The maximum Gasteiger partial charge on any atom is 0.573 e. The lowest BCUT2D eigenvalue weighted by molar-refractivity contribution is -0.274. The van der Waals surface area contributed by atoms with Crippen LogP contribution in [-0.2, 0) is 6.42 Å². The number of aliphatic imine (C=N–C) groups is 1. The second-order valence-electron chi connectivity index (χ2n) is 6.01. The molecule has 1 aliphatic carbocycles. The van der Waals surface area contributed by atoms with Crippen LogP contribution in [0.25, 0.3) is 0 Å². The van der Waals surface area contributed by atoms with Gasteiger partial charge in [-0.05, 0) is 30.2 Å². The van der Waals surface area contributed by atoms with E-state index in [1.807, 2.05) is 12.1 Å². The van der Waals surface area contributed by atoms with Gasteiger partial charge in [-0.1, -0.05) is 18.2 Å². The van der Waals surface area contributed by atoms with Gasteiger partial charge in [0.1, 0.15) is 11.5 Å². The molecule has 0 saturated heterocycles. The van der Waals surface area contributed by atoms with Crippen LogP contribution in [0.3, 0.4) is 0 Å². The van der Waals surface area contributed by atoms with E-state index in [0.29, 0.717) is 24.5 Å². The molecule has 2 aromatic rings. The monoisotopic (exact) mass is 367 g/mol. The molecular weight excluding hydrogens is 347 g/mol. The maximum atomic E-state index is 12.5. The minimum absolute atomic E-state index is 0.0165. The molecule has 2 atom stereocenters. The van der Waals surface area contributed by atoms with E-state index >= 15 is 0 Å². The summed E-state index contributed by atoms with van der Waals surface area (Å²) in [5.74, 6) is 1.29. The van der Waals surface area contributed by atoms with Crippen LogP contribution in [0.5, 0.6) is 5.75 Å². The van der Waals surface area contributed by atoms with Crippen molar-refractivity contribution in [3.05, 3.63) is 54.0 Å². The molecule has 0 amide bonds. The molecule has 1 aromatic heterocycles. The fraction of sp³-hybridized carbons (Fsp3) is 0.389. The first-order chi connectivity index (χ1) is 12.5. The number of rotatable bonds is 6. The van der Waals surface area contributed by atoms with Gasteiger partial charge >= 0.3 is 6.36 Å². The van der Waals surface area contributed by atoms with Crippen molar-refractivity contribution in [2.24, 2.45) is 4.99 Å². The first-order valence-electron chi connectivity index (χ1n) is 8.30. The molecule has 1 saturated carbocycles. The zero-order chi connectivity index (χ0) is 18.6. The average Bonchev–Trinajstić information content (AvgIpc) is 3.14. The normalized spacial score (nSPS) is 19.9. The molecule has 0 aliphatic heterocycles. The first kappa shape index (κ1) is 18.2. The van der Waals surface area contributed by atoms with Crippen LogP contribution in [0.4, 0.5) is 13.2 Å². The summed E-state index contributed by atoms with van der Waals surface area (Å²) >= 11 is 0. The van der Waals surface area contributed by atoms with Crippen molar-refractivity contribution in [1.82, 2.24) is 10.6 Å². The number of halogens is 3. The SMILES string of the molecule is CN=C(NCCc1ccco1)NC1CC1c1ccccc1OC(F)(F)F. The molecule has 0 spiro atoms. The topological polar surface area (TPSA) is 58.8 Å². The molecule has 26 heavy (non-hydrogen) atoms. The summed E-state index contributed by atoms with van der Waals surface area (Å²) in [5, 5.41) is 6.40. The third-order valence-electron chi connectivity index (χ3n) is 4.12. The Morgan fingerprint density at radius 3 is 2.77 bits per heavy atom. The van der Waals surface area contributed by atoms with Crippen LogP contribution in [0.15, 0.2) is 52.1 Å². The molecule has 1 fully saturated rings. The number of nitrogens with zero attached hydrogens (tertiary/aromatic N) is 1. The summed E-state index contributed by atoms with van der Waals surface area (Å²) in [6.07, 6.45) is -1.64. The summed E-state index contributed by atoms with van der Waals surface area (Å²) in [4.78, 5) is 4.15. The number of para-hydroxylation sites is 1. The Bertz CT molecular complexity index is 744. The molecule has 3 rings (SSSR count). The van der Waals surface area contributed by atoms with E-state index in [0.717, 1.165) is 12.2 Å². The molecule has 140 valence electrons. The van der Waals surface area contributed by atoms with E-state index in [-0.39, 0.29) is 17.7 Å². The van der Waals surface area contributed by atoms with Crippen molar-refractivity contribution in [2.45, 2.75) is 31.2 Å². The number of benzene rings is 1. The summed E-state index contributed by atoms with van der Waals surface area (Å²) in [6.45, 7) is 0.637. The Balaban J connectivity index is 1.53. The summed E-state index contributed by atoms with van der Waals surface area (Å²) < 4.78 is 47.0. The fourth-order valence-corrected chi connectivity index (χ4v) is 2.83. The van der Waals surface area contributed by atoms with Crippen molar-refractivity contribution >= 4 is 5.96 Å². The lowest BCUT2D eigenvalue weighted by atomic mass is 10.1. The Hall–Kier alpha value is -2.64. The number of hydrogen-bond acceptors (Lipinski definition) is 3. The zero-order valence-electron chi connectivity index (χ0n) is 14.2. The number of nitrogens with one attached hydrogen (secondary N) is 2. The standard InChI is InChI=1S/C18H20F3N3O2/c1-22-17(23-9-8-12-5-4-10-25-12)24-15-11-14(15)13-6-2-3-7-16(13)26-18(19,20)21/h2-7,10,14-15H,8-9,11H2,1H3,(H2,22,23,24). The van der Waals surface area contributed by atoms with E-state index in [1.165, 1.54) is 12.1 Å². The van der Waals surface area contributed by atoms with Gasteiger partial charge in [-0.25, -0.2) is 0 Å². The number of furan rings is 1. The molecule has 1 aliphatic rings. The highest BCUT2D eigenvalue weighted by Gasteiger charge is 2.42. The van der Waals surface area contributed by atoms with E-state index < -0.39 is 6.36 Å². The Kier molecular flexibility index (Phi) is 5.39. The van der Waals surface area contributed by atoms with Gasteiger partial charge in [0.05, 0.1) is 6.26 Å². The smallest absolute Gasteiger partial charge is 0.469 e. The molecule has 0 bridgehead atoms. The van der Waals surface area contributed by atoms with Crippen LogP contribution in [0, 0.1) is 0 Å².